The van der Waals surface area contributed by atoms with E-state index in [4.69, 9.17) is 10.3 Å². The number of anilines is 1. The highest BCUT2D eigenvalue weighted by Crippen LogP contribution is 2.27. The van der Waals surface area contributed by atoms with Crippen molar-refractivity contribution in [2.75, 3.05) is 5.73 Å². The van der Waals surface area contributed by atoms with E-state index in [1.165, 1.54) is 38.5 Å². The summed E-state index contributed by atoms with van der Waals surface area (Å²) in [6.07, 6.45) is 8.95. The van der Waals surface area contributed by atoms with E-state index in [-0.39, 0.29) is 0 Å². The highest BCUT2D eigenvalue weighted by Gasteiger charge is 2.15. The van der Waals surface area contributed by atoms with Gasteiger partial charge >= 0.3 is 0 Å². The van der Waals surface area contributed by atoms with Gasteiger partial charge < -0.3 is 10.3 Å². The second-order valence-electron chi connectivity index (χ2n) is 5.68. The van der Waals surface area contributed by atoms with Crippen molar-refractivity contribution in [1.29, 1.82) is 0 Å². The van der Waals surface area contributed by atoms with Crippen LogP contribution in [0, 0.1) is 5.92 Å². The molecule has 4 heteroatoms. The van der Waals surface area contributed by atoms with Gasteiger partial charge in [-0.25, -0.2) is 0 Å². The van der Waals surface area contributed by atoms with Crippen LogP contribution in [-0.4, -0.2) is 10.1 Å². The molecule has 1 aliphatic rings. The van der Waals surface area contributed by atoms with Gasteiger partial charge in [-0.15, -0.1) is 0 Å². The zero-order valence-electron chi connectivity index (χ0n) is 11.7. The minimum Gasteiger partial charge on any atom is -0.399 e. The monoisotopic (exact) mass is 271 g/mol. The zero-order chi connectivity index (χ0) is 13.8. The number of aromatic nitrogens is 2. The number of nitrogens with two attached hydrogens (primary N) is 1. The second-order valence-corrected chi connectivity index (χ2v) is 5.68. The number of hydrogen-bond acceptors (Lipinski definition) is 4. The molecule has 1 aliphatic carbocycles. The lowest BCUT2D eigenvalue weighted by atomic mass is 9.86. The van der Waals surface area contributed by atoms with Crippen molar-refractivity contribution < 1.29 is 4.52 Å². The van der Waals surface area contributed by atoms with Crippen molar-refractivity contribution in [3.63, 3.8) is 0 Å². The lowest BCUT2D eigenvalue weighted by molar-refractivity contribution is 0.315. The smallest absolute Gasteiger partial charge is 0.226 e. The van der Waals surface area contributed by atoms with Gasteiger partial charge in [-0.3, -0.25) is 0 Å². The average molecular weight is 271 g/mol. The van der Waals surface area contributed by atoms with Crippen molar-refractivity contribution in [1.82, 2.24) is 10.1 Å². The summed E-state index contributed by atoms with van der Waals surface area (Å²) in [5.41, 5.74) is 7.37. The first-order valence-electron chi connectivity index (χ1n) is 7.50. The number of hydrogen-bond donors (Lipinski definition) is 1. The minimum atomic E-state index is 0.656. The van der Waals surface area contributed by atoms with Gasteiger partial charge in [0.25, 0.3) is 0 Å². The van der Waals surface area contributed by atoms with Crippen LogP contribution in [0.3, 0.4) is 0 Å². The van der Waals surface area contributed by atoms with Gasteiger partial charge in [0.15, 0.2) is 0 Å². The van der Waals surface area contributed by atoms with Crippen molar-refractivity contribution in [3.05, 3.63) is 30.2 Å². The number of aryl methyl sites for hydroxylation is 1. The molecule has 20 heavy (non-hydrogen) atoms. The van der Waals surface area contributed by atoms with E-state index in [9.17, 15) is 0 Å². The maximum Gasteiger partial charge on any atom is 0.226 e. The number of rotatable bonds is 4. The Morgan fingerprint density at radius 3 is 2.60 bits per heavy atom. The summed E-state index contributed by atoms with van der Waals surface area (Å²) in [6.45, 7) is 0. The van der Waals surface area contributed by atoms with Crippen LogP contribution in [0.25, 0.3) is 11.4 Å². The maximum absolute atomic E-state index is 5.68. The van der Waals surface area contributed by atoms with Crippen LogP contribution >= 0.6 is 0 Å². The summed E-state index contributed by atoms with van der Waals surface area (Å²) in [5.74, 6) is 2.25. The molecule has 0 amide bonds. The van der Waals surface area contributed by atoms with Gasteiger partial charge in [-0.2, -0.15) is 4.98 Å². The highest BCUT2D eigenvalue weighted by atomic mass is 16.5. The Hall–Kier alpha value is -1.84. The summed E-state index contributed by atoms with van der Waals surface area (Å²) in [5, 5.41) is 4.05. The molecule has 0 saturated heterocycles. The Labute approximate surface area is 119 Å². The van der Waals surface area contributed by atoms with E-state index in [0.29, 0.717) is 5.82 Å². The van der Waals surface area contributed by atoms with Crippen molar-refractivity contribution in [2.24, 2.45) is 5.92 Å². The maximum atomic E-state index is 5.68. The number of benzene rings is 1. The Morgan fingerprint density at radius 1 is 1.10 bits per heavy atom. The summed E-state index contributed by atoms with van der Waals surface area (Å²) in [4.78, 5) is 4.48. The van der Waals surface area contributed by atoms with Gasteiger partial charge in [0.2, 0.25) is 11.7 Å². The van der Waals surface area contributed by atoms with Crippen LogP contribution in [0.5, 0.6) is 0 Å². The molecule has 1 fully saturated rings. The quantitative estimate of drug-likeness (QED) is 0.858. The summed E-state index contributed by atoms with van der Waals surface area (Å²) < 4.78 is 5.35. The van der Waals surface area contributed by atoms with Gasteiger partial charge in [0.1, 0.15) is 0 Å². The highest BCUT2D eigenvalue weighted by molar-refractivity contribution is 5.57. The Morgan fingerprint density at radius 2 is 1.85 bits per heavy atom. The van der Waals surface area contributed by atoms with E-state index < -0.39 is 0 Å². The average Bonchev–Trinajstić information content (AvgIpc) is 2.96. The molecule has 1 aromatic carbocycles. The first-order chi connectivity index (χ1) is 9.81. The zero-order valence-corrected chi connectivity index (χ0v) is 11.7. The molecule has 0 bridgehead atoms. The largest absolute Gasteiger partial charge is 0.399 e. The van der Waals surface area contributed by atoms with Gasteiger partial charge in [0, 0.05) is 17.7 Å². The first-order valence-corrected chi connectivity index (χ1v) is 7.50. The lowest BCUT2D eigenvalue weighted by Crippen LogP contribution is -2.07. The summed E-state index contributed by atoms with van der Waals surface area (Å²) in [6, 6.07) is 7.55. The minimum absolute atomic E-state index is 0.656. The van der Waals surface area contributed by atoms with Crippen LogP contribution in [-0.2, 0) is 6.42 Å². The van der Waals surface area contributed by atoms with Crippen LogP contribution in [0.2, 0.25) is 0 Å². The molecule has 2 aromatic rings. The standard InChI is InChI=1S/C16H21N3O/c17-14-9-7-13(8-10-14)16-18-15(20-19-16)11-6-12-4-2-1-3-5-12/h7-10,12H,1-6,11,17H2. The molecule has 1 heterocycles. The van der Waals surface area contributed by atoms with E-state index >= 15 is 0 Å². The Balaban J connectivity index is 1.60. The fourth-order valence-corrected chi connectivity index (χ4v) is 2.91. The van der Waals surface area contributed by atoms with Crippen LogP contribution in [0.1, 0.15) is 44.4 Å². The number of nitrogen functional groups attached to an aromatic ring is 1. The van der Waals surface area contributed by atoms with Gasteiger partial charge in [-0.1, -0.05) is 37.3 Å². The van der Waals surface area contributed by atoms with Crippen LogP contribution < -0.4 is 5.73 Å². The molecule has 106 valence electrons. The van der Waals surface area contributed by atoms with E-state index in [1.54, 1.807) is 0 Å². The molecule has 0 radical (unpaired) electrons. The third-order valence-electron chi connectivity index (χ3n) is 4.13. The fraction of sp³-hybridized carbons (Fsp3) is 0.500. The topological polar surface area (TPSA) is 64.9 Å². The fourth-order valence-electron chi connectivity index (χ4n) is 2.91. The predicted octanol–water partition coefficient (Wildman–Crippen LogP) is 3.83. The molecular weight excluding hydrogens is 250 g/mol. The number of nitrogens with zero attached hydrogens (tertiary/aromatic N) is 2. The Kier molecular flexibility index (Phi) is 4.00. The van der Waals surface area contributed by atoms with Crippen LogP contribution in [0.4, 0.5) is 5.69 Å². The van der Waals surface area contributed by atoms with Crippen LogP contribution in [0.15, 0.2) is 28.8 Å². The molecule has 0 unspecified atom stereocenters. The predicted molar refractivity (Wildman–Crippen MR) is 79.0 cm³/mol. The van der Waals surface area contributed by atoms with Crippen molar-refractivity contribution >= 4 is 5.69 Å². The molecule has 4 nitrogen and oxygen atoms in total. The lowest BCUT2D eigenvalue weighted by Gasteiger charge is -2.20. The third kappa shape index (κ3) is 3.18. The molecule has 0 spiro atoms. The Bertz CT molecular complexity index is 541. The molecule has 0 atom stereocenters. The van der Waals surface area contributed by atoms with E-state index in [2.05, 4.69) is 10.1 Å². The molecule has 1 aromatic heterocycles. The van der Waals surface area contributed by atoms with Gasteiger partial charge in [0.05, 0.1) is 0 Å². The molecular formula is C16H21N3O. The van der Waals surface area contributed by atoms with Crippen molar-refractivity contribution in [3.8, 4) is 11.4 Å². The van der Waals surface area contributed by atoms with E-state index in [1.807, 2.05) is 24.3 Å². The van der Waals surface area contributed by atoms with Crippen molar-refractivity contribution in [2.45, 2.75) is 44.9 Å². The van der Waals surface area contributed by atoms with Gasteiger partial charge in [-0.05, 0) is 36.6 Å². The second kappa shape index (κ2) is 6.07. The summed E-state index contributed by atoms with van der Waals surface area (Å²) >= 11 is 0. The van der Waals surface area contributed by atoms with E-state index in [0.717, 1.165) is 29.5 Å². The first kappa shape index (κ1) is 13.2. The normalized spacial score (nSPS) is 16.4. The molecule has 3 rings (SSSR count). The molecule has 1 saturated carbocycles. The summed E-state index contributed by atoms with van der Waals surface area (Å²) in [7, 11) is 0. The molecule has 0 aliphatic heterocycles. The third-order valence-corrected chi connectivity index (χ3v) is 4.13. The SMILES string of the molecule is Nc1ccc(-c2noc(CCC3CCCCC3)n2)cc1. The molecule has 2 N–H and O–H groups in total.